The van der Waals surface area contributed by atoms with Crippen molar-refractivity contribution in [1.29, 1.82) is 0 Å². The van der Waals surface area contributed by atoms with Crippen molar-refractivity contribution in [3.8, 4) is 0 Å². The van der Waals surface area contributed by atoms with Gasteiger partial charge in [0.15, 0.2) is 9.84 Å². The van der Waals surface area contributed by atoms with Crippen LogP contribution in [0.15, 0.2) is 29.2 Å². The van der Waals surface area contributed by atoms with E-state index in [-0.39, 0.29) is 24.2 Å². The van der Waals surface area contributed by atoms with E-state index in [0.29, 0.717) is 24.5 Å². The molecule has 7 heteroatoms. The predicted molar refractivity (Wildman–Crippen MR) is 97.2 cm³/mol. The summed E-state index contributed by atoms with van der Waals surface area (Å²) in [4.78, 5) is 16.7. The zero-order chi connectivity index (χ0) is 18.8. The normalized spacial score (nSPS) is 22.9. The van der Waals surface area contributed by atoms with Crippen LogP contribution in [0.25, 0.3) is 0 Å². The number of hydrogen-bond donors (Lipinski definition) is 0. The standard InChI is InChI=1S/C18H28N2O4S/c1-13-10-20(11-14(2)24-13)18(21)12-19(4)15(3)16-6-8-17(9-7-16)25(5,22)23/h6-9,13-15H,10-12H2,1-5H3/t13-,14+,15-/m0/s1. The average molecular weight is 368 g/mol. The first-order valence-corrected chi connectivity index (χ1v) is 10.4. The third-order valence-electron chi connectivity index (χ3n) is 4.61. The summed E-state index contributed by atoms with van der Waals surface area (Å²) in [5.41, 5.74) is 0.978. The van der Waals surface area contributed by atoms with Gasteiger partial charge < -0.3 is 9.64 Å². The van der Waals surface area contributed by atoms with Crippen molar-refractivity contribution in [2.24, 2.45) is 0 Å². The summed E-state index contributed by atoms with van der Waals surface area (Å²) in [5.74, 6) is 0.0871. The van der Waals surface area contributed by atoms with Crippen LogP contribution in [0.1, 0.15) is 32.4 Å². The van der Waals surface area contributed by atoms with Gasteiger partial charge in [0.25, 0.3) is 0 Å². The molecule has 0 radical (unpaired) electrons. The summed E-state index contributed by atoms with van der Waals surface area (Å²) in [6.45, 7) is 7.52. The molecule has 0 bridgehead atoms. The number of rotatable bonds is 5. The summed E-state index contributed by atoms with van der Waals surface area (Å²) < 4.78 is 28.8. The zero-order valence-corrected chi connectivity index (χ0v) is 16.4. The van der Waals surface area contributed by atoms with Crippen LogP contribution in [-0.2, 0) is 19.4 Å². The fourth-order valence-electron chi connectivity index (χ4n) is 3.08. The van der Waals surface area contributed by atoms with Crippen LogP contribution < -0.4 is 0 Å². The molecule has 1 aromatic carbocycles. The van der Waals surface area contributed by atoms with E-state index < -0.39 is 9.84 Å². The number of hydrogen-bond acceptors (Lipinski definition) is 5. The fourth-order valence-corrected chi connectivity index (χ4v) is 3.71. The predicted octanol–water partition coefficient (Wildman–Crippen LogP) is 1.72. The molecule has 25 heavy (non-hydrogen) atoms. The van der Waals surface area contributed by atoms with Crippen LogP contribution in [0.3, 0.4) is 0 Å². The van der Waals surface area contributed by atoms with E-state index >= 15 is 0 Å². The first-order chi connectivity index (χ1) is 11.6. The Hall–Kier alpha value is -1.44. The lowest BCUT2D eigenvalue weighted by molar-refractivity contribution is -0.144. The molecule has 0 unspecified atom stereocenters. The maximum absolute atomic E-state index is 12.6. The largest absolute Gasteiger partial charge is 0.372 e. The van der Waals surface area contributed by atoms with Crippen molar-refractivity contribution in [3.63, 3.8) is 0 Å². The minimum absolute atomic E-state index is 0.00782. The van der Waals surface area contributed by atoms with Gasteiger partial charge in [-0.05, 0) is 45.5 Å². The molecule has 0 aliphatic carbocycles. The smallest absolute Gasteiger partial charge is 0.236 e. The lowest BCUT2D eigenvalue weighted by atomic mass is 10.1. The molecular weight excluding hydrogens is 340 g/mol. The summed E-state index contributed by atoms with van der Waals surface area (Å²) in [7, 11) is -1.29. The Labute approximate surface area is 150 Å². The van der Waals surface area contributed by atoms with Crippen LogP contribution in [0.5, 0.6) is 0 Å². The SMILES string of the molecule is C[C@@H]1CN(C(=O)CN(C)[C@@H](C)c2ccc(S(C)(=O)=O)cc2)C[C@H](C)O1. The van der Waals surface area contributed by atoms with Gasteiger partial charge in [-0.1, -0.05) is 12.1 Å². The molecular formula is C18H28N2O4S. The number of sulfone groups is 1. The molecule has 0 spiro atoms. The minimum atomic E-state index is -3.20. The Morgan fingerprint density at radius 3 is 2.24 bits per heavy atom. The number of morpholine rings is 1. The highest BCUT2D eigenvalue weighted by Gasteiger charge is 2.27. The van der Waals surface area contributed by atoms with Crippen molar-refractivity contribution >= 4 is 15.7 Å². The molecule has 1 saturated heterocycles. The van der Waals surface area contributed by atoms with Gasteiger partial charge in [-0.3, -0.25) is 9.69 Å². The van der Waals surface area contributed by atoms with Crippen molar-refractivity contribution in [2.75, 3.05) is 32.9 Å². The summed E-state index contributed by atoms with van der Waals surface area (Å²) >= 11 is 0. The van der Waals surface area contributed by atoms with Crippen LogP contribution in [-0.4, -0.2) is 69.3 Å². The number of carbonyl (C=O) groups excluding carboxylic acids is 1. The molecule has 1 fully saturated rings. The Balaban J connectivity index is 2.00. The van der Waals surface area contributed by atoms with Gasteiger partial charge in [0, 0.05) is 25.4 Å². The molecule has 3 atom stereocenters. The maximum Gasteiger partial charge on any atom is 0.236 e. The summed E-state index contributed by atoms with van der Waals surface area (Å²) in [5, 5.41) is 0. The molecule has 1 amide bonds. The van der Waals surface area contributed by atoms with Gasteiger partial charge in [-0.15, -0.1) is 0 Å². The number of carbonyl (C=O) groups is 1. The molecule has 6 nitrogen and oxygen atoms in total. The molecule has 140 valence electrons. The molecule has 1 aliphatic heterocycles. The second-order valence-electron chi connectivity index (χ2n) is 6.99. The third-order valence-corrected chi connectivity index (χ3v) is 5.74. The summed E-state index contributed by atoms with van der Waals surface area (Å²) in [6, 6.07) is 6.85. The van der Waals surface area contributed by atoms with E-state index in [1.165, 1.54) is 6.26 Å². The van der Waals surface area contributed by atoms with Gasteiger partial charge in [0.05, 0.1) is 23.6 Å². The van der Waals surface area contributed by atoms with Crippen LogP contribution in [0.4, 0.5) is 0 Å². The molecule has 0 aromatic heterocycles. The van der Waals surface area contributed by atoms with E-state index in [1.807, 2.05) is 37.6 Å². The Bertz CT molecular complexity index is 692. The second-order valence-corrected chi connectivity index (χ2v) is 9.00. The van der Waals surface area contributed by atoms with Gasteiger partial charge in [-0.2, -0.15) is 0 Å². The molecule has 0 N–H and O–H groups in total. The molecule has 0 saturated carbocycles. The van der Waals surface area contributed by atoms with Gasteiger partial charge in [-0.25, -0.2) is 8.42 Å². The second kappa shape index (κ2) is 7.85. The van der Waals surface area contributed by atoms with Crippen molar-refractivity contribution in [2.45, 2.75) is 43.9 Å². The van der Waals surface area contributed by atoms with E-state index in [2.05, 4.69) is 0 Å². The highest BCUT2D eigenvalue weighted by Crippen LogP contribution is 2.21. The molecule has 1 heterocycles. The average Bonchev–Trinajstić information content (AvgIpc) is 2.52. The Morgan fingerprint density at radius 1 is 1.24 bits per heavy atom. The lowest BCUT2D eigenvalue weighted by Gasteiger charge is -2.36. The van der Waals surface area contributed by atoms with Crippen molar-refractivity contribution in [1.82, 2.24) is 9.80 Å². The molecule has 1 aromatic rings. The minimum Gasteiger partial charge on any atom is -0.372 e. The third kappa shape index (κ3) is 5.26. The fraction of sp³-hybridized carbons (Fsp3) is 0.611. The first kappa shape index (κ1) is 19.9. The number of amides is 1. The lowest BCUT2D eigenvalue weighted by Crippen LogP contribution is -2.50. The number of nitrogens with zero attached hydrogens (tertiary/aromatic N) is 2. The van der Waals surface area contributed by atoms with E-state index in [9.17, 15) is 13.2 Å². The van der Waals surface area contributed by atoms with Crippen LogP contribution in [0, 0.1) is 0 Å². The van der Waals surface area contributed by atoms with Crippen LogP contribution >= 0.6 is 0 Å². The first-order valence-electron chi connectivity index (χ1n) is 8.51. The zero-order valence-electron chi connectivity index (χ0n) is 15.6. The topological polar surface area (TPSA) is 66.9 Å². The van der Waals surface area contributed by atoms with Gasteiger partial charge in [0.2, 0.25) is 5.91 Å². The van der Waals surface area contributed by atoms with E-state index in [0.717, 1.165) is 5.56 Å². The summed E-state index contributed by atoms with van der Waals surface area (Å²) in [6.07, 6.45) is 1.30. The quantitative estimate of drug-likeness (QED) is 0.792. The van der Waals surface area contributed by atoms with Gasteiger partial charge in [0.1, 0.15) is 0 Å². The van der Waals surface area contributed by atoms with E-state index in [1.54, 1.807) is 24.3 Å². The van der Waals surface area contributed by atoms with Gasteiger partial charge >= 0.3 is 0 Å². The Kier molecular flexibility index (Phi) is 6.24. The monoisotopic (exact) mass is 368 g/mol. The number of ether oxygens (including phenoxy) is 1. The van der Waals surface area contributed by atoms with Crippen molar-refractivity contribution < 1.29 is 17.9 Å². The van der Waals surface area contributed by atoms with E-state index in [4.69, 9.17) is 4.74 Å². The molecule has 1 aliphatic rings. The highest BCUT2D eigenvalue weighted by molar-refractivity contribution is 7.90. The van der Waals surface area contributed by atoms with Crippen LogP contribution in [0.2, 0.25) is 0 Å². The molecule has 2 rings (SSSR count). The number of likely N-dealkylation sites (N-methyl/N-ethyl adjacent to an activating group) is 1. The van der Waals surface area contributed by atoms with Crippen molar-refractivity contribution in [3.05, 3.63) is 29.8 Å². The maximum atomic E-state index is 12.6. The Morgan fingerprint density at radius 2 is 1.76 bits per heavy atom. The highest BCUT2D eigenvalue weighted by atomic mass is 32.2. The number of benzene rings is 1.